The summed E-state index contributed by atoms with van der Waals surface area (Å²) in [6.07, 6.45) is -0.634. The van der Waals surface area contributed by atoms with Crippen LogP contribution in [0.25, 0.3) is 0 Å². The molecule has 0 aliphatic carbocycles. The van der Waals surface area contributed by atoms with Crippen molar-refractivity contribution >= 4 is 0 Å². The van der Waals surface area contributed by atoms with E-state index < -0.39 is 6.23 Å². The van der Waals surface area contributed by atoms with Crippen LogP contribution < -0.4 is 9.47 Å². The number of aliphatic hydroxyl groups is 1. The SMILES string of the molecule is COc1ccc(C(O)N(C)C)cc1OC. The van der Waals surface area contributed by atoms with E-state index in [1.54, 1.807) is 45.3 Å². The van der Waals surface area contributed by atoms with Crippen molar-refractivity contribution in [2.45, 2.75) is 6.23 Å². The lowest BCUT2D eigenvalue weighted by molar-refractivity contribution is 0.0393. The number of rotatable bonds is 4. The molecule has 1 N–H and O–H groups in total. The molecule has 4 nitrogen and oxygen atoms in total. The van der Waals surface area contributed by atoms with Gasteiger partial charge in [-0.3, -0.25) is 4.90 Å². The van der Waals surface area contributed by atoms with Crippen molar-refractivity contribution in [2.24, 2.45) is 0 Å². The molecular formula is C11H17NO3. The van der Waals surface area contributed by atoms with Gasteiger partial charge < -0.3 is 14.6 Å². The first-order valence-corrected chi connectivity index (χ1v) is 4.66. The molecule has 1 aromatic carbocycles. The summed E-state index contributed by atoms with van der Waals surface area (Å²) in [7, 11) is 6.77. The first-order chi connectivity index (χ1) is 7.10. The zero-order valence-corrected chi connectivity index (χ0v) is 9.52. The molecule has 15 heavy (non-hydrogen) atoms. The largest absolute Gasteiger partial charge is 0.493 e. The number of hydrogen-bond donors (Lipinski definition) is 1. The summed E-state index contributed by atoms with van der Waals surface area (Å²) in [6, 6.07) is 5.36. The van der Waals surface area contributed by atoms with Crippen molar-refractivity contribution in [3.8, 4) is 11.5 Å². The number of ether oxygens (including phenoxy) is 2. The molecule has 0 amide bonds. The van der Waals surface area contributed by atoms with E-state index in [2.05, 4.69) is 0 Å². The van der Waals surface area contributed by atoms with Gasteiger partial charge in [0, 0.05) is 0 Å². The smallest absolute Gasteiger partial charge is 0.161 e. The van der Waals surface area contributed by atoms with Gasteiger partial charge in [-0.25, -0.2) is 0 Å². The highest BCUT2D eigenvalue weighted by Crippen LogP contribution is 2.30. The summed E-state index contributed by atoms with van der Waals surface area (Å²) in [4.78, 5) is 1.71. The average molecular weight is 211 g/mol. The first kappa shape index (κ1) is 11.8. The molecular weight excluding hydrogens is 194 g/mol. The van der Waals surface area contributed by atoms with Crippen LogP contribution >= 0.6 is 0 Å². The molecule has 0 saturated carbocycles. The van der Waals surface area contributed by atoms with E-state index in [0.29, 0.717) is 11.5 Å². The van der Waals surface area contributed by atoms with Gasteiger partial charge in [-0.05, 0) is 31.8 Å². The topological polar surface area (TPSA) is 41.9 Å². The van der Waals surface area contributed by atoms with Crippen LogP contribution in [0.15, 0.2) is 18.2 Å². The summed E-state index contributed by atoms with van der Waals surface area (Å²) >= 11 is 0. The van der Waals surface area contributed by atoms with Crippen LogP contribution in [0.1, 0.15) is 11.8 Å². The summed E-state index contributed by atoms with van der Waals surface area (Å²) < 4.78 is 10.3. The zero-order chi connectivity index (χ0) is 11.4. The number of nitrogens with zero attached hydrogens (tertiary/aromatic N) is 1. The van der Waals surface area contributed by atoms with Gasteiger partial charge in [0.25, 0.3) is 0 Å². The number of aliphatic hydroxyl groups excluding tert-OH is 1. The highest BCUT2D eigenvalue weighted by atomic mass is 16.5. The minimum atomic E-state index is -0.634. The lowest BCUT2D eigenvalue weighted by Crippen LogP contribution is -2.19. The maximum atomic E-state index is 9.81. The number of hydrogen-bond acceptors (Lipinski definition) is 4. The van der Waals surface area contributed by atoms with E-state index >= 15 is 0 Å². The lowest BCUT2D eigenvalue weighted by Gasteiger charge is -2.19. The van der Waals surface area contributed by atoms with Gasteiger partial charge in [0.2, 0.25) is 0 Å². The molecule has 0 saturated heterocycles. The van der Waals surface area contributed by atoms with E-state index in [9.17, 15) is 5.11 Å². The van der Waals surface area contributed by atoms with Gasteiger partial charge in [0.05, 0.1) is 14.2 Å². The highest BCUT2D eigenvalue weighted by molar-refractivity contribution is 5.43. The van der Waals surface area contributed by atoms with E-state index in [-0.39, 0.29) is 0 Å². The fraction of sp³-hybridized carbons (Fsp3) is 0.455. The lowest BCUT2D eigenvalue weighted by atomic mass is 10.1. The molecule has 1 atom stereocenters. The zero-order valence-electron chi connectivity index (χ0n) is 9.52. The number of benzene rings is 1. The summed E-state index contributed by atoms with van der Waals surface area (Å²) in [6.45, 7) is 0. The average Bonchev–Trinajstić information content (AvgIpc) is 2.26. The second kappa shape index (κ2) is 5.00. The standard InChI is InChI=1S/C11H17NO3/c1-12(2)11(13)8-5-6-9(14-3)10(7-8)15-4/h5-7,11,13H,1-4H3. The van der Waals surface area contributed by atoms with Crippen LogP contribution in [0.2, 0.25) is 0 Å². The van der Waals surface area contributed by atoms with E-state index in [4.69, 9.17) is 9.47 Å². The van der Waals surface area contributed by atoms with Crippen LogP contribution in [-0.4, -0.2) is 38.3 Å². The molecule has 1 aromatic rings. The van der Waals surface area contributed by atoms with Crippen LogP contribution in [-0.2, 0) is 0 Å². The van der Waals surface area contributed by atoms with Crippen molar-refractivity contribution in [1.29, 1.82) is 0 Å². The van der Waals surface area contributed by atoms with Gasteiger partial charge in [0.1, 0.15) is 6.23 Å². The minimum Gasteiger partial charge on any atom is -0.493 e. The Morgan fingerprint density at radius 2 is 1.73 bits per heavy atom. The molecule has 0 heterocycles. The normalized spacial score (nSPS) is 12.7. The third-order valence-electron chi connectivity index (χ3n) is 2.19. The Morgan fingerprint density at radius 3 is 2.20 bits per heavy atom. The van der Waals surface area contributed by atoms with Crippen LogP contribution in [0.5, 0.6) is 11.5 Å². The van der Waals surface area contributed by atoms with E-state index in [0.717, 1.165) is 5.56 Å². The van der Waals surface area contributed by atoms with Crippen molar-refractivity contribution in [3.63, 3.8) is 0 Å². The second-order valence-electron chi connectivity index (χ2n) is 3.45. The van der Waals surface area contributed by atoms with Crippen LogP contribution in [0.3, 0.4) is 0 Å². The van der Waals surface area contributed by atoms with Crippen molar-refractivity contribution in [2.75, 3.05) is 28.3 Å². The Bertz CT molecular complexity index is 326. The Balaban J connectivity index is 3.02. The Kier molecular flexibility index (Phi) is 3.94. The quantitative estimate of drug-likeness (QED) is 0.761. The minimum absolute atomic E-state index is 0.621. The molecule has 0 bridgehead atoms. The molecule has 1 rings (SSSR count). The maximum Gasteiger partial charge on any atom is 0.161 e. The molecule has 0 spiro atoms. The molecule has 1 unspecified atom stereocenters. The molecule has 84 valence electrons. The van der Waals surface area contributed by atoms with Crippen LogP contribution in [0, 0.1) is 0 Å². The van der Waals surface area contributed by atoms with E-state index in [1.165, 1.54) is 0 Å². The first-order valence-electron chi connectivity index (χ1n) is 4.66. The van der Waals surface area contributed by atoms with Gasteiger partial charge >= 0.3 is 0 Å². The van der Waals surface area contributed by atoms with Gasteiger partial charge in [0.15, 0.2) is 11.5 Å². The fourth-order valence-corrected chi connectivity index (χ4v) is 1.31. The molecule has 0 radical (unpaired) electrons. The molecule has 4 heteroatoms. The summed E-state index contributed by atoms with van der Waals surface area (Å²) in [5, 5.41) is 9.81. The highest BCUT2D eigenvalue weighted by Gasteiger charge is 2.12. The molecule has 0 fully saturated rings. The van der Waals surface area contributed by atoms with Gasteiger partial charge in [-0.2, -0.15) is 0 Å². The summed E-state index contributed by atoms with van der Waals surface area (Å²) in [5.41, 5.74) is 0.776. The monoisotopic (exact) mass is 211 g/mol. The van der Waals surface area contributed by atoms with Gasteiger partial charge in [-0.1, -0.05) is 6.07 Å². The Labute approximate surface area is 90.0 Å². The van der Waals surface area contributed by atoms with E-state index in [1.807, 2.05) is 6.07 Å². The Morgan fingerprint density at radius 1 is 1.13 bits per heavy atom. The van der Waals surface area contributed by atoms with Crippen molar-refractivity contribution in [3.05, 3.63) is 23.8 Å². The molecule has 0 aromatic heterocycles. The molecule has 0 aliphatic heterocycles. The maximum absolute atomic E-state index is 9.81. The molecule has 0 aliphatic rings. The Hall–Kier alpha value is -1.26. The van der Waals surface area contributed by atoms with Crippen molar-refractivity contribution < 1.29 is 14.6 Å². The number of methoxy groups -OCH3 is 2. The fourth-order valence-electron chi connectivity index (χ4n) is 1.31. The van der Waals surface area contributed by atoms with Crippen molar-refractivity contribution in [1.82, 2.24) is 4.90 Å². The van der Waals surface area contributed by atoms with Crippen LogP contribution in [0.4, 0.5) is 0 Å². The predicted molar refractivity (Wildman–Crippen MR) is 58.2 cm³/mol. The third-order valence-corrected chi connectivity index (χ3v) is 2.19. The van der Waals surface area contributed by atoms with Gasteiger partial charge in [-0.15, -0.1) is 0 Å². The third kappa shape index (κ3) is 2.61. The summed E-state index contributed by atoms with van der Waals surface area (Å²) in [5.74, 6) is 1.28. The second-order valence-corrected chi connectivity index (χ2v) is 3.45. The predicted octanol–water partition coefficient (Wildman–Crippen LogP) is 1.26.